The lowest BCUT2D eigenvalue weighted by Crippen LogP contribution is -2.35. The fourth-order valence-corrected chi connectivity index (χ4v) is 3.02. The second kappa shape index (κ2) is 7.79. The zero-order valence-electron chi connectivity index (χ0n) is 14.4. The Bertz CT molecular complexity index is 740. The number of hydrogen-bond donors (Lipinski definition) is 0. The molecule has 1 aromatic heterocycles. The predicted octanol–water partition coefficient (Wildman–Crippen LogP) is 2.81. The molecule has 0 spiro atoms. The van der Waals surface area contributed by atoms with Crippen LogP contribution in [0.4, 0.5) is 0 Å². The molecule has 1 atom stereocenters. The van der Waals surface area contributed by atoms with Crippen LogP contribution in [0.25, 0.3) is 6.08 Å². The summed E-state index contributed by atoms with van der Waals surface area (Å²) in [6, 6.07) is 10.1. The first-order valence-corrected chi connectivity index (χ1v) is 8.21. The molecule has 130 valence electrons. The number of amides is 1. The summed E-state index contributed by atoms with van der Waals surface area (Å²) in [4.78, 5) is 23.0. The van der Waals surface area contributed by atoms with Crippen LogP contribution in [-0.2, 0) is 0 Å². The van der Waals surface area contributed by atoms with Gasteiger partial charge in [0, 0.05) is 6.54 Å². The molecule has 1 aromatic carbocycles. The van der Waals surface area contributed by atoms with Crippen LogP contribution in [0.5, 0.6) is 11.8 Å². The van der Waals surface area contributed by atoms with Crippen molar-refractivity contribution in [3.8, 4) is 11.8 Å². The Balaban J connectivity index is 1.85. The van der Waals surface area contributed by atoms with Crippen LogP contribution in [0.3, 0.4) is 0 Å². The maximum absolute atomic E-state index is 13.1. The van der Waals surface area contributed by atoms with E-state index >= 15 is 0 Å². The molecule has 2 aromatic rings. The summed E-state index contributed by atoms with van der Waals surface area (Å²) in [7, 11) is 2.96. The second-order valence-corrected chi connectivity index (χ2v) is 5.75. The van der Waals surface area contributed by atoms with E-state index in [0.717, 1.165) is 18.4 Å². The lowest BCUT2D eigenvalue weighted by molar-refractivity contribution is 0.0753. The molecule has 0 radical (unpaired) electrons. The van der Waals surface area contributed by atoms with E-state index < -0.39 is 0 Å². The molecule has 1 aliphatic rings. The number of methoxy groups -OCH3 is 2. The normalized spacial score (nSPS) is 17.0. The standard InChI is InChI=1S/C19H21N3O3/c1-24-17-16(18(25-2)21-13-20-17)19(23)22-12-6-9-15(22)11-10-14-7-4-3-5-8-14/h3-5,7-8,10-11,13,15H,6,9,12H2,1-2H3. The van der Waals surface area contributed by atoms with Crippen molar-refractivity contribution in [1.82, 2.24) is 14.9 Å². The van der Waals surface area contributed by atoms with Crippen LogP contribution in [-0.4, -0.2) is 47.6 Å². The third-order valence-electron chi connectivity index (χ3n) is 4.25. The van der Waals surface area contributed by atoms with E-state index in [1.807, 2.05) is 41.3 Å². The fraction of sp³-hybridized carbons (Fsp3) is 0.316. The fourth-order valence-electron chi connectivity index (χ4n) is 3.02. The molecule has 1 amide bonds. The number of benzene rings is 1. The Morgan fingerprint density at radius 2 is 1.84 bits per heavy atom. The van der Waals surface area contributed by atoms with Gasteiger partial charge in [-0.3, -0.25) is 4.79 Å². The van der Waals surface area contributed by atoms with Gasteiger partial charge in [-0.2, -0.15) is 0 Å². The number of aromatic nitrogens is 2. The van der Waals surface area contributed by atoms with Crippen LogP contribution in [0.2, 0.25) is 0 Å². The highest BCUT2D eigenvalue weighted by atomic mass is 16.5. The summed E-state index contributed by atoms with van der Waals surface area (Å²) in [5.41, 5.74) is 1.38. The molecular weight excluding hydrogens is 318 g/mol. The number of rotatable bonds is 5. The summed E-state index contributed by atoms with van der Waals surface area (Å²) in [5, 5.41) is 0. The minimum Gasteiger partial charge on any atom is -0.480 e. The predicted molar refractivity (Wildman–Crippen MR) is 94.7 cm³/mol. The van der Waals surface area contributed by atoms with E-state index in [1.165, 1.54) is 20.5 Å². The van der Waals surface area contributed by atoms with Crippen LogP contribution in [0.15, 0.2) is 42.7 Å². The van der Waals surface area contributed by atoms with Gasteiger partial charge in [0.05, 0.1) is 20.3 Å². The lowest BCUT2D eigenvalue weighted by atomic mass is 10.1. The number of nitrogens with zero attached hydrogens (tertiary/aromatic N) is 3. The smallest absolute Gasteiger partial charge is 0.265 e. The van der Waals surface area contributed by atoms with Gasteiger partial charge in [0.2, 0.25) is 11.8 Å². The third kappa shape index (κ3) is 3.63. The first-order valence-electron chi connectivity index (χ1n) is 8.21. The van der Waals surface area contributed by atoms with Crippen LogP contribution in [0, 0.1) is 0 Å². The number of carbonyl (C=O) groups excluding carboxylic acids is 1. The second-order valence-electron chi connectivity index (χ2n) is 5.75. The van der Waals surface area contributed by atoms with Crippen molar-refractivity contribution < 1.29 is 14.3 Å². The maximum atomic E-state index is 13.1. The van der Waals surface area contributed by atoms with E-state index in [1.54, 1.807) is 0 Å². The Morgan fingerprint density at radius 1 is 1.16 bits per heavy atom. The molecule has 0 bridgehead atoms. The molecule has 0 saturated carbocycles. The first kappa shape index (κ1) is 17.0. The minimum absolute atomic E-state index is 0.0299. The summed E-state index contributed by atoms with van der Waals surface area (Å²) in [6.45, 7) is 0.684. The van der Waals surface area contributed by atoms with Crippen molar-refractivity contribution >= 4 is 12.0 Å². The summed E-state index contributed by atoms with van der Waals surface area (Å²) < 4.78 is 10.5. The molecular formula is C19H21N3O3. The lowest BCUT2D eigenvalue weighted by Gasteiger charge is -2.23. The highest BCUT2D eigenvalue weighted by Gasteiger charge is 2.32. The van der Waals surface area contributed by atoms with E-state index in [-0.39, 0.29) is 29.3 Å². The maximum Gasteiger partial charge on any atom is 0.265 e. The highest BCUT2D eigenvalue weighted by molar-refractivity contribution is 5.99. The van der Waals surface area contributed by atoms with Crippen LogP contribution < -0.4 is 9.47 Å². The van der Waals surface area contributed by atoms with E-state index in [0.29, 0.717) is 6.54 Å². The topological polar surface area (TPSA) is 64.6 Å². The van der Waals surface area contributed by atoms with Gasteiger partial charge < -0.3 is 14.4 Å². The Labute approximate surface area is 147 Å². The highest BCUT2D eigenvalue weighted by Crippen LogP contribution is 2.29. The Hall–Kier alpha value is -2.89. The Morgan fingerprint density at radius 3 is 2.48 bits per heavy atom. The molecule has 3 rings (SSSR count). The zero-order valence-corrected chi connectivity index (χ0v) is 14.4. The van der Waals surface area contributed by atoms with Gasteiger partial charge in [-0.1, -0.05) is 42.5 Å². The minimum atomic E-state index is -0.172. The number of ether oxygens (including phenoxy) is 2. The van der Waals surface area contributed by atoms with Gasteiger partial charge in [-0.15, -0.1) is 0 Å². The molecule has 0 N–H and O–H groups in total. The third-order valence-corrected chi connectivity index (χ3v) is 4.25. The van der Waals surface area contributed by atoms with Gasteiger partial charge in [-0.05, 0) is 18.4 Å². The van der Waals surface area contributed by atoms with Gasteiger partial charge in [0.25, 0.3) is 5.91 Å². The summed E-state index contributed by atoms with van der Waals surface area (Å²) in [5.74, 6) is 0.290. The molecule has 6 heteroatoms. The van der Waals surface area contributed by atoms with Gasteiger partial charge in [-0.25, -0.2) is 9.97 Å². The quantitative estimate of drug-likeness (QED) is 0.838. The van der Waals surface area contributed by atoms with Gasteiger partial charge in [0.15, 0.2) is 5.56 Å². The molecule has 2 heterocycles. The van der Waals surface area contributed by atoms with Crippen molar-refractivity contribution in [1.29, 1.82) is 0 Å². The number of carbonyl (C=O) groups is 1. The van der Waals surface area contributed by atoms with E-state index in [4.69, 9.17) is 9.47 Å². The first-order chi connectivity index (χ1) is 12.2. The van der Waals surface area contributed by atoms with Crippen LogP contribution >= 0.6 is 0 Å². The van der Waals surface area contributed by atoms with Crippen molar-refractivity contribution in [2.75, 3.05) is 20.8 Å². The summed E-state index contributed by atoms with van der Waals surface area (Å²) >= 11 is 0. The van der Waals surface area contributed by atoms with Crippen LogP contribution in [0.1, 0.15) is 28.8 Å². The average Bonchev–Trinajstić information content (AvgIpc) is 3.14. The number of hydrogen-bond acceptors (Lipinski definition) is 5. The van der Waals surface area contributed by atoms with E-state index in [2.05, 4.69) is 16.0 Å². The molecule has 1 unspecified atom stereocenters. The largest absolute Gasteiger partial charge is 0.480 e. The van der Waals surface area contributed by atoms with E-state index in [9.17, 15) is 4.79 Å². The monoisotopic (exact) mass is 339 g/mol. The molecule has 1 saturated heterocycles. The molecule has 0 aliphatic carbocycles. The van der Waals surface area contributed by atoms with Crippen molar-refractivity contribution in [2.24, 2.45) is 0 Å². The van der Waals surface area contributed by atoms with Gasteiger partial charge in [0.1, 0.15) is 6.33 Å². The summed E-state index contributed by atoms with van der Waals surface area (Å²) in [6.07, 6.45) is 7.32. The molecule has 6 nitrogen and oxygen atoms in total. The average molecular weight is 339 g/mol. The number of likely N-dealkylation sites (tertiary alicyclic amines) is 1. The molecule has 1 fully saturated rings. The molecule has 1 aliphatic heterocycles. The van der Waals surface area contributed by atoms with Gasteiger partial charge >= 0.3 is 0 Å². The molecule has 25 heavy (non-hydrogen) atoms. The zero-order chi connectivity index (χ0) is 17.6. The van der Waals surface area contributed by atoms with Crippen molar-refractivity contribution in [3.05, 3.63) is 53.9 Å². The SMILES string of the molecule is COc1ncnc(OC)c1C(=O)N1CCCC1C=Cc1ccccc1. The van der Waals surface area contributed by atoms with Crippen molar-refractivity contribution in [2.45, 2.75) is 18.9 Å². The van der Waals surface area contributed by atoms with Crippen molar-refractivity contribution in [3.63, 3.8) is 0 Å². The Kier molecular flexibility index (Phi) is 5.28.